The number of aromatic nitrogens is 2. The molecule has 0 radical (unpaired) electrons. The highest BCUT2D eigenvalue weighted by atomic mass is 35.5. The summed E-state index contributed by atoms with van der Waals surface area (Å²) in [6.45, 7) is 4.00. The van der Waals surface area contributed by atoms with Crippen LogP contribution in [0.5, 0.6) is 0 Å². The van der Waals surface area contributed by atoms with Gasteiger partial charge in [0, 0.05) is 5.69 Å². The van der Waals surface area contributed by atoms with Crippen molar-refractivity contribution in [3.05, 3.63) is 51.6 Å². The van der Waals surface area contributed by atoms with Crippen molar-refractivity contribution in [2.45, 2.75) is 20.4 Å². The maximum absolute atomic E-state index is 13.3. The lowest BCUT2D eigenvalue weighted by atomic mass is 10.2. The van der Waals surface area contributed by atoms with Crippen LogP contribution in [-0.2, 0) is 6.54 Å². The fraction of sp³-hybridized carbons (Fsp3) is 0.231. The largest absolute Gasteiger partial charge is 0.298 e. The van der Waals surface area contributed by atoms with Gasteiger partial charge in [0.25, 0.3) is 0 Å². The van der Waals surface area contributed by atoms with Crippen LogP contribution in [0.2, 0.25) is 5.02 Å². The summed E-state index contributed by atoms with van der Waals surface area (Å²) >= 11 is 5.62. The van der Waals surface area contributed by atoms with E-state index in [-0.39, 0.29) is 5.02 Å². The second kappa shape index (κ2) is 4.90. The van der Waals surface area contributed by atoms with E-state index >= 15 is 0 Å². The lowest BCUT2D eigenvalue weighted by molar-refractivity contribution is 0.112. The molecule has 2 rings (SSSR count). The van der Waals surface area contributed by atoms with E-state index in [9.17, 15) is 9.18 Å². The van der Waals surface area contributed by atoms with E-state index in [4.69, 9.17) is 11.6 Å². The van der Waals surface area contributed by atoms with Gasteiger partial charge in [-0.15, -0.1) is 0 Å². The number of aldehydes is 1. The molecule has 0 amide bonds. The molecule has 94 valence electrons. The molecule has 1 heterocycles. The van der Waals surface area contributed by atoms with Gasteiger partial charge in [-0.1, -0.05) is 17.7 Å². The average molecular weight is 267 g/mol. The van der Waals surface area contributed by atoms with Crippen molar-refractivity contribution in [2.24, 2.45) is 0 Å². The Kier molecular flexibility index (Phi) is 3.48. The molecule has 0 aliphatic heterocycles. The number of hydrogen-bond donors (Lipinski definition) is 0. The van der Waals surface area contributed by atoms with E-state index in [1.165, 1.54) is 12.1 Å². The fourth-order valence-corrected chi connectivity index (χ4v) is 1.96. The van der Waals surface area contributed by atoms with Crippen molar-refractivity contribution in [1.82, 2.24) is 9.78 Å². The van der Waals surface area contributed by atoms with Crippen LogP contribution >= 0.6 is 11.6 Å². The predicted octanol–water partition coefficient (Wildman–Crippen LogP) is 3.15. The molecular weight excluding hydrogens is 255 g/mol. The summed E-state index contributed by atoms with van der Waals surface area (Å²) in [5.74, 6) is -0.452. The van der Waals surface area contributed by atoms with E-state index in [0.29, 0.717) is 17.8 Å². The normalized spacial score (nSPS) is 10.7. The second-order valence-corrected chi connectivity index (χ2v) is 4.52. The van der Waals surface area contributed by atoms with E-state index < -0.39 is 5.82 Å². The Morgan fingerprint density at radius 3 is 2.72 bits per heavy atom. The Bertz CT molecular complexity index is 607. The maximum atomic E-state index is 13.3. The molecule has 0 N–H and O–H groups in total. The number of rotatable bonds is 3. The molecule has 0 atom stereocenters. The molecule has 2 aromatic rings. The molecule has 0 unspecified atom stereocenters. The number of aryl methyl sites for hydroxylation is 1. The zero-order chi connectivity index (χ0) is 13.3. The summed E-state index contributed by atoms with van der Waals surface area (Å²) in [4.78, 5) is 10.9. The van der Waals surface area contributed by atoms with Crippen molar-refractivity contribution in [3.63, 3.8) is 0 Å². The second-order valence-electron chi connectivity index (χ2n) is 4.11. The summed E-state index contributed by atoms with van der Waals surface area (Å²) in [7, 11) is 0. The third-order valence-electron chi connectivity index (χ3n) is 2.87. The van der Waals surface area contributed by atoms with Crippen molar-refractivity contribution >= 4 is 17.9 Å². The minimum absolute atomic E-state index is 0.0979. The van der Waals surface area contributed by atoms with Crippen LogP contribution in [0.1, 0.15) is 27.3 Å². The lowest BCUT2D eigenvalue weighted by Gasteiger charge is -2.05. The Labute approximate surface area is 109 Å². The molecule has 0 spiro atoms. The van der Waals surface area contributed by atoms with Gasteiger partial charge in [-0.05, 0) is 31.5 Å². The van der Waals surface area contributed by atoms with Crippen LogP contribution in [-0.4, -0.2) is 16.1 Å². The molecule has 18 heavy (non-hydrogen) atoms. The smallest absolute Gasteiger partial charge is 0.153 e. The molecule has 0 aliphatic rings. The average Bonchev–Trinajstić information content (AvgIpc) is 2.59. The Morgan fingerprint density at radius 2 is 2.17 bits per heavy atom. The van der Waals surface area contributed by atoms with Crippen LogP contribution in [0.4, 0.5) is 4.39 Å². The highest BCUT2D eigenvalue weighted by molar-refractivity contribution is 6.30. The van der Waals surface area contributed by atoms with Gasteiger partial charge in [-0.2, -0.15) is 5.10 Å². The first-order valence-corrected chi connectivity index (χ1v) is 5.84. The highest BCUT2D eigenvalue weighted by Crippen LogP contribution is 2.17. The van der Waals surface area contributed by atoms with Gasteiger partial charge >= 0.3 is 0 Å². The lowest BCUT2D eigenvalue weighted by Crippen LogP contribution is -2.04. The highest BCUT2D eigenvalue weighted by Gasteiger charge is 2.11. The minimum atomic E-state index is -0.452. The van der Waals surface area contributed by atoms with Crippen molar-refractivity contribution in [3.8, 4) is 0 Å². The van der Waals surface area contributed by atoms with Crippen molar-refractivity contribution in [2.75, 3.05) is 0 Å². The molecule has 0 saturated heterocycles. The zero-order valence-corrected chi connectivity index (χ0v) is 10.8. The molecular formula is C13H12ClFN2O. The standard InChI is InChI=1S/C13H12ClFN2O/c1-8-11(7-18)9(2)17(16-8)6-10-3-4-12(14)13(15)5-10/h3-5,7H,6H2,1-2H3. The fourth-order valence-electron chi connectivity index (χ4n) is 1.85. The first-order chi connectivity index (χ1) is 8.52. The third-order valence-corrected chi connectivity index (χ3v) is 3.18. The number of nitrogens with zero attached hydrogens (tertiary/aromatic N) is 2. The van der Waals surface area contributed by atoms with Crippen LogP contribution in [0, 0.1) is 19.7 Å². The Hall–Kier alpha value is -1.68. The number of hydrogen-bond acceptors (Lipinski definition) is 2. The van der Waals surface area contributed by atoms with Crippen LogP contribution in [0.25, 0.3) is 0 Å². The summed E-state index contributed by atoms with van der Waals surface area (Å²) in [6.07, 6.45) is 0.788. The van der Waals surface area contributed by atoms with Gasteiger partial charge in [0.2, 0.25) is 0 Å². The zero-order valence-electron chi connectivity index (χ0n) is 10.1. The molecule has 0 saturated carbocycles. The molecule has 1 aromatic heterocycles. The van der Waals surface area contributed by atoms with Gasteiger partial charge in [0.15, 0.2) is 6.29 Å². The molecule has 5 heteroatoms. The van der Waals surface area contributed by atoms with Gasteiger partial charge in [-0.25, -0.2) is 4.39 Å². The molecule has 0 fully saturated rings. The van der Waals surface area contributed by atoms with Crippen LogP contribution in [0.15, 0.2) is 18.2 Å². The number of benzene rings is 1. The van der Waals surface area contributed by atoms with E-state index in [1.54, 1.807) is 17.7 Å². The minimum Gasteiger partial charge on any atom is -0.298 e. The first-order valence-electron chi connectivity index (χ1n) is 5.46. The topological polar surface area (TPSA) is 34.9 Å². The Balaban J connectivity index is 2.34. The number of carbonyl (C=O) groups excluding carboxylic acids is 1. The number of carbonyl (C=O) groups is 1. The van der Waals surface area contributed by atoms with Gasteiger partial charge in [-0.3, -0.25) is 9.48 Å². The van der Waals surface area contributed by atoms with Gasteiger partial charge < -0.3 is 0 Å². The van der Waals surface area contributed by atoms with Gasteiger partial charge in [0.05, 0.1) is 22.8 Å². The molecule has 0 aliphatic carbocycles. The number of halogens is 2. The predicted molar refractivity (Wildman–Crippen MR) is 67.6 cm³/mol. The SMILES string of the molecule is Cc1nn(Cc2ccc(Cl)c(F)c2)c(C)c1C=O. The van der Waals surface area contributed by atoms with Crippen molar-refractivity contribution < 1.29 is 9.18 Å². The quantitative estimate of drug-likeness (QED) is 0.800. The Morgan fingerprint density at radius 1 is 1.44 bits per heavy atom. The molecule has 0 bridgehead atoms. The van der Waals surface area contributed by atoms with E-state index in [1.807, 2.05) is 6.92 Å². The first kappa shape index (κ1) is 12.8. The maximum Gasteiger partial charge on any atom is 0.153 e. The van der Waals surface area contributed by atoms with Crippen molar-refractivity contribution in [1.29, 1.82) is 0 Å². The summed E-state index contributed by atoms with van der Waals surface area (Å²) < 4.78 is 15.0. The third kappa shape index (κ3) is 2.29. The van der Waals surface area contributed by atoms with E-state index in [2.05, 4.69) is 5.10 Å². The summed E-state index contributed by atoms with van der Waals surface area (Å²) in [5, 5.41) is 4.36. The molecule has 1 aromatic carbocycles. The molecule has 3 nitrogen and oxygen atoms in total. The van der Waals surface area contributed by atoms with Crippen LogP contribution in [0.3, 0.4) is 0 Å². The van der Waals surface area contributed by atoms with E-state index in [0.717, 1.165) is 17.5 Å². The summed E-state index contributed by atoms with van der Waals surface area (Å²) in [6, 6.07) is 4.63. The van der Waals surface area contributed by atoms with Crippen LogP contribution < -0.4 is 0 Å². The summed E-state index contributed by atoms with van der Waals surface area (Å²) in [5.41, 5.74) is 2.79. The van der Waals surface area contributed by atoms with Gasteiger partial charge in [0.1, 0.15) is 5.82 Å². The monoisotopic (exact) mass is 266 g/mol.